The quantitative estimate of drug-likeness (QED) is 0.437. The summed E-state index contributed by atoms with van der Waals surface area (Å²) in [6.07, 6.45) is -8.95. The predicted octanol–water partition coefficient (Wildman–Crippen LogP) is 3.10. The van der Waals surface area contributed by atoms with E-state index in [9.17, 15) is 31.1 Å². The number of amides is 2. The van der Waals surface area contributed by atoms with Crippen molar-refractivity contribution in [3.05, 3.63) is 47.3 Å². The molecule has 0 aliphatic carbocycles. The predicted molar refractivity (Wildman–Crippen MR) is 87.5 cm³/mol. The van der Waals surface area contributed by atoms with E-state index in [0.717, 1.165) is 18.2 Å². The van der Waals surface area contributed by atoms with Gasteiger partial charge >= 0.3 is 18.4 Å². The molecule has 2 aromatic rings. The average molecular weight is 432 g/mol. The Kier molecular flexibility index (Phi) is 7.87. The monoisotopic (exact) mass is 432 g/mol. The second-order valence-electron chi connectivity index (χ2n) is 4.90. The molecule has 0 aliphatic rings. The summed E-state index contributed by atoms with van der Waals surface area (Å²) in [5.41, 5.74) is 10.1. The lowest BCUT2D eigenvalue weighted by atomic mass is 10.4. The highest BCUT2D eigenvalue weighted by atomic mass is 32.1. The molecule has 0 saturated heterocycles. The van der Waals surface area contributed by atoms with Gasteiger partial charge in [-0.05, 0) is 36.5 Å². The average Bonchev–Trinajstić information content (AvgIpc) is 3.21. The lowest BCUT2D eigenvalue weighted by Crippen LogP contribution is -2.41. The minimum atomic E-state index is -4.54. The summed E-state index contributed by atoms with van der Waals surface area (Å²) >= 11 is 4.39. The van der Waals surface area contributed by atoms with Gasteiger partial charge in [-0.15, -0.1) is 0 Å². The van der Waals surface area contributed by atoms with Crippen molar-refractivity contribution < 1.29 is 40.0 Å². The molecule has 2 aromatic heterocycles. The first-order valence-electron chi connectivity index (χ1n) is 7.19. The van der Waals surface area contributed by atoms with Crippen LogP contribution >= 0.6 is 12.2 Å². The molecule has 0 unspecified atom stereocenters. The highest BCUT2D eigenvalue weighted by Gasteiger charge is 2.35. The molecular weight excluding hydrogens is 418 g/mol. The van der Waals surface area contributed by atoms with Crippen LogP contribution in [0.5, 0.6) is 0 Å². The fourth-order valence-electron chi connectivity index (χ4n) is 1.59. The molecule has 7 nitrogen and oxygen atoms in total. The normalized spacial score (nSPS) is 11.4. The van der Waals surface area contributed by atoms with E-state index in [2.05, 4.69) is 26.4 Å². The zero-order valence-electron chi connectivity index (χ0n) is 13.8. The molecular formula is C14H14F6N4O3S. The van der Waals surface area contributed by atoms with Crippen molar-refractivity contribution in [3.63, 3.8) is 0 Å². The Balaban J connectivity index is 0.000000307. The van der Waals surface area contributed by atoms with Crippen LogP contribution in [0.15, 0.2) is 33.1 Å². The van der Waals surface area contributed by atoms with Gasteiger partial charge in [0.25, 0.3) is 0 Å². The molecule has 0 saturated carbocycles. The van der Waals surface area contributed by atoms with Crippen LogP contribution in [0, 0.1) is 0 Å². The van der Waals surface area contributed by atoms with E-state index in [0.29, 0.717) is 0 Å². The number of alkyl halides is 6. The van der Waals surface area contributed by atoms with E-state index in [1.807, 2.05) is 5.32 Å². The number of nitrogens with two attached hydrogens (primary N) is 2. The van der Waals surface area contributed by atoms with E-state index < -0.39 is 29.9 Å². The number of halogens is 6. The van der Waals surface area contributed by atoms with E-state index in [1.54, 1.807) is 0 Å². The summed E-state index contributed by atoms with van der Waals surface area (Å²) < 4.78 is 80.7. The van der Waals surface area contributed by atoms with Crippen molar-refractivity contribution in [3.8, 4) is 0 Å². The van der Waals surface area contributed by atoms with E-state index in [1.165, 1.54) is 6.07 Å². The van der Waals surface area contributed by atoms with Crippen LogP contribution in [0.3, 0.4) is 0 Å². The first-order valence-corrected chi connectivity index (χ1v) is 7.60. The Morgan fingerprint density at radius 3 is 1.79 bits per heavy atom. The number of rotatable bonds is 3. The fourth-order valence-corrected chi connectivity index (χ4v) is 1.68. The van der Waals surface area contributed by atoms with Gasteiger partial charge in [-0.25, -0.2) is 4.79 Å². The summed E-state index contributed by atoms with van der Waals surface area (Å²) in [6, 6.07) is 3.25. The Labute approximate surface area is 159 Å². The van der Waals surface area contributed by atoms with Crippen molar-refractivity contribution in [1.29, 1.82) is 0 Å². The Morgan fingerprint density at radius 2 is 1.43 bits per heavy atom. The summed E-state index contributed by atoms with van der Waals surface area (Å²) in [7, 11) is 0. The van der Waals surface area contributed by atoms with Gasteiger partial charge < -0.3 is 25.6 Å². The number of furan rings is 2. The summed E-state index contributed by atoms with van der Waals surface area (Å²) in [5.74, 6) is -2.02. The van der Waals surface area contributed by atoms with Gasteiger partial charge in [-0.1, -0.05) is 0 Å². The summed E-state index contributed by atoms with van der Waals surface area (Å²) in [5, 5.41) is 4.02. The summed E-state index contributed by atoms with van der Waals surface area (Å²) in [4.78, 5) is 11.0. The molecule has 14 heteroatoms. The number of urea groups is 1. The second-order valence-corrected chi connectivity index (χ2v) is 5.34. The van der Waals surface area contributed by atoms with Crippen molar-refractivity contribution in [2.75, 3.05) is 0 Å². The lowest BCUT2D eigenvalue weighted by molar-refractivity contribution is -0.154. The van der Waals surface area contributed by atoms with Gasteiger partial charge in [0.2, 0.25) is 11.5 Å². The molecule has 0 aromatic carbocycles. The molecule has 0 bridgehead atoms. The van der Waals surface area contributed by atoms with Crippen molar-refractivity contribution in [2.24, 2.45) is 11.5 Å². The molecule has 0 radical (unpaired) electrons. The van der Waals surface area contributed by atoms with Crippen LogP contribution in [0.2, 0.25) is 0 Å². The Bertz CT molecular complexity index is 800. The summed E-state index contributed by atoms with van der Waals surface area (Å²) in [6.45, 7) is -0.222. The van der Waals surface area contributed by atoms with E-state index >= 15 is 0 Å². The van der Waals surface area contributed by atoms with Crippen LogP contribution in [-0.4, -0.2) is 11.1 Å². The highest BCUT2D eigenvalue weighted by molar-refractivity contribution is 7.80. The van der Waals surface area contributed by atoms with Gasteiger partial charge in [-0.2, -0.15) is 26.3 Å². The van der Waals surface area contributed by atoms with Crippen LogP contribution < -0.4 is 22.1 Å². The lowest BCUT2D eigenvalue weighted by Gasteiger charge is -2.04. The minimum absolute atomic E-state index is 0.0178. The third kappa shape index (κ3) is 7.87. The maximum atomic E-state index is 12.1. The molecule has 156 valence electrons. The fraction of sp³-hybridized carbons (Fsp3) is 0.286. The largest absolute Gasteiger partial charge is 0.455 e. The first kappa shape index (κ1) is 23.3. The molecule has 2 amide bonds. The third-order valence-electron chi connectivity index (χ3n) is 2.74. The van der Waals surface area contributed by atoms with E-state index in [4.69, 9.17) is 11.5 Å². The number of hydrogen-bond acceptors (Lipinski definition) is 5. The first-order chi connectivity index (χ1) is 12.8. The Morgan fingerprint density at radius 1 is 0.964 bits per heavy atom. The molecule has 2 rings (SSSR count). The Hall–Kier alpha value is -2.74. The zero-order valence-corrected chi connectivity index (χ0v) is 14.6. The van der Waals surface area contributed by atoms with Gasteiger partial charge in [0.1, 0.15) is 11.5 Å². The smallest absolute Gasteiger partial charge is 0.449 e. The number of carbonyl (C=O) groups excluding carboxylic acids is 1. The maximum Gasteiger partial charge on any atom is 0.449 e. The van der Waals surface area contributed by atoms with E-state index in [-0.39, 0.29) is 29.7 Å². The molecule has 0 fully saturated rings. The second kappa shape index (κ2) is 9.45. The number of hydrogen-bond donors (Lipinski definition) is 4. The van der Waals surface area contributed by atoms with Crippen LogP contribution in [-0.2, 0) is 25.4 Å². The minimum Gasteiger partial charge on any atom is -0.455 e. The van der Waals surface area contributed by atoms with Crippen LogP contribution in [0.4, 0.5) is 31.1 Å². The molecule has 0 atom stereocenters. The maximum absolute atomic E-state index is 12.1. The molecule has 6 N–H and O–H groups in total. The van der Waals surface area contributed by atoms with Gasteiger partial charge in [-0.3, -0.25) is 5.32 Å². The standard InChI is InChI=1S/C8H8F3N3O2S.C6H6F3NO/c9-8(10,11)5-2-1-4(16-5)3-13-7(15)14-6(12)17;7-6(8,9)5-2-1-4(3-10)11-5/h1-2H,3H2,(H4,12,13,14,15,17);1-2H,3,10H2. The SMILES string of the molecule is NC(=S)NC(=O)NCc1ccc(C(F)(F)F)o1.NCc1ccc(C(F)(F)F)o1. The zero-order chi connectivity index (χ0) is 21.5. The van der Waals surface area contributed by atoms with Gasteiger partial charge in [0, 0.05) is 0 Å². The van der Waals surface area contributed by atoms with Crippen molar-refractivity contribution >= 4 is 23.4 Å². The van der Waals surface area contributed by atoms with Crippen molar-refractivity contribution in [1.82, 2.24) is 10.6 Å². The highest BCUT2D eigenvalue weighted by Crippen LogP contribution is 2.31. The van der Waals surface area contributed by atoms with Gasteiger partial charge in [0.05, 0.1) is 13.1 Å². The molecule has 28 heavy (non-hydrogen) atoms. The third-order valence-corrected chi connectivity index (χ3v) is 2.85. The van der Waals surface area contributed by atoms with Gasteiger partial charge in [0.15, 0.2) is 5.11 Å². The van der Waals surface area contributed by atoms with Crippen molar-refractivity contribution in [2.45, 2.75) is 25.4 Å². The molecule has 0 spiro atoms. The number of nitrogens with one attached hydrogen (secondary N) is 2. The molecule has 2 heterocycles. The number of carbonyl (C=O) groups is 1. The number of thiocarbonyl (C=S) groups is 1. The topological polar surface area (TPSA) is 119 Å². The van der Waals surface area contributed by atoms with Crippen LogP contribution in [0.1, 0.15) is 23.0 Å². The molecule has 0 aliphatic heterocycles. The van der Waals surface area contributed by atoms with Crippen LogP contribution in [0.25, 0.3) is 0 Å².